The Labute approximate surface area is 72.2 Å². The van der Waals surface area contributed by atoms with Crippen LogP contribution in [0.4, 0.5) is 0 Å². The van der Waals surface area contributed by atoms with Crippen molar-refractivity contribution in [3.05, 3.63) is 0 Å². The van der Waals surface area contributed by atoms with Crippen LogP contribution in [0, 0.1) is 0 Å². The lowest BCUT2D eigenvalue weighted by molar-refractivity contribution is 0.723. The molecule has 0 aromatic rings. The summed E-state index contributed by atoms with van der Waals surface area (Å²) in [4.78, 5) is 0. The summed E-state index contributed by atoms with van der Waals surface area (Å²) < 4.78 is 4.84. The lowest BCUT2D eigenvalue weighted by Gasteiger charge is -2.18. The highest BCUT2D eigenvalue weighted by atomic mass is 32.2. The van der Waals surface area contributed by atoms with Crippen molar-refractivity contribution < 1.29 is 4.10 Å². The van der Waals surface area contributed by atoms with Gasteiger partial charge in [0.1, 0.15) is 0 Å². The number of rotatable bonds is 2. The van der Waals surface area contributed by atoms with Crippen LogP contribution >= 0.6 is 37.0 Å². The maximum Gasteiger partial charge on any atom is 0.441 e. The van der Waals surface area contributed by atoms with Gasteiger partial charge in [-0.05, 0) is 12.9 Å². The minimum Gasteiger partial charge on any atom is -0.352 e. The molecule has 0 atom stereocenters. The van der Waals surface area contributed by atoms with Gasteiger partial charge in [-0.25, -0.2) is 0 Å². The molecule has 0 spiro atoms. The van der Waals surface area contributed by atoms with Gasteiger partial charge in [0.15, 0.2) is 0 Å². The molecule has 0 saturated heterocycles. The highest BCUT2D eigenvalue weighted by molar-refractivity contribution is 8.48. The molecular formula is C4H11BOS3. The number of hydrogen-bond acceptors (Lipinski definition) is 4. The van der Waals surface area contributed by atoms with Gasteiger partial charge in [-0.2, -0.15) is 24.1 Å². The molecule has 0 amide bonds. The largest absolute Gasteiger partial charge is 0.441 e. The highest BCUT2D eigenvalue weighted by Gasteiger charge is 2.20. The molecule has 0 aromatic carbocycles. The van der Waals surface area contributed by atoms with Crippen molar-refractivity contribution in [3.8, 4) is 0 Å². The van der Waals surface area contributed by atoms with Crippen molar-refractivity contribution in [2.45, 2.75) is 25.5 Å². The van der Waals surface area contributed by atoms with Gasteiger partial charge in [-0.15, -0.1) is 0 Å². The first-order valence-corrected chi connectivity index (χ1v) is 4.38. The van der Waals surface area contributed by atoms with Crippen LogP contribution in [0.25, 0.3) is 0 Å². The second-order valence-corrected chi connectivity index (χ2v) is 5.56. The average molecular weight is 182 g/mol. The Morgan fingerprint density at radius 1 is 1.44 bits per heavy atom. The topological polar surface area (TPSA) is 9.23 Å². The summed E-state index contributed by atoms with van der Waals surface area (Å²) >= 11 is 9.34. The molecular weight excluding hydrogens is 171 g/mol. The molecule has 5 heteroatoms. The lowest BCUT2D eigenvalue weighted by atomic mass is 10.3. The zero-order chi connectivity index (χ0) is 7.49. The standard InChI is InChI=1S/C4H11BOS3/c1-4(2,3)9-5(7)6-8/h7-8H,1-3H3. The van der Waals surface area contributed by atoms with E-state index in [0.717, 1.165) is 0 Å². The van der Waals surface area contributed by atoms with Crippen molar-refractivity contribution in [2.75, 3.05) is 0 Å². The van der Waals surface area contributed by atoms with Crippen molar-refractivity contribution in [1.29, 1.82) is 0 Å². The Morgan fingerprint density at radius 2 is 1.89 bits per heavy atom. The van der Waals surface area contributed by atoms with Crippen LogP contribution in [0.1, 0.15) is 20.8 Å². The second-order valence-electron chi connectivity index (χ2n) is 2.64. The molecule has 0 heterocycles. The van der Waals surface area contributed by atoms with Crippen LogP contribution in [0.3, 0.4) is 0 Å². The van der Waals surface area contributed by atoms with E-state index in [9.17, 15) is 0 Å². The molecule has 0 bridgehead atoms. The van der Waals surface area contributed by atoms with Crippen LogP contribution in [0.2, 0.25) is 0 Å². The van der Waals surface area contributed by atoms with Crippen LogP contribution in [-0.4, -0.2) is 10.2 Å². The zero-order valence-corrected chi connectivity index (χ0v) is 8.39. The van der Waals surface area contributed by atoms with E-state index in [1.807, 2.05) is 0 Å². The van der Waals surface area contributed by atoms with Gasteiger partial charge in [-0.1, -0.05) is 20.8 Å². The molecule has 0 N–H and O–H groups in total. The summed E-state index contributed by atoms with van der Waals surface area (Å²) in [6.07, 6.45) is 0. The molecule has 0 saturated carbocycles. The molecule has 0 rings (SSSR count). The van der Waals surface area contributed by atoms with Gasteiger partial charge in [0.2, 0.25) is 0 Å². The third-order valence-corrected chi connectivity index (χ3v) is 2.49. The molecule has 0 aliphatic carbocycles. The summed E-state index contributed by atoms with van der Waals surface area (Å²) in [6.45, 7) is 6.31. The van der Waals surface area contributed by atoms with Gasteiger partial charge in [0.05, 0.1) is 0 Å². The molecule has 9 heavy (non-hydrogen) atoms. The van der Waals surface area contributed by atoms with Gasteiger partial charge in [0.25, 0.3) is 0 Å². The summed E-state index contributed by atoms with van der Waals surface area (Å²) in [5.41, 5.74) is -0.131. The summed E-state index contributed by atoms with van der Waals surface area (Å²) in [6, 6.07) is 0. The molecule has 0 aliphatic rings. The van der Waals surface area contributed by atoms with Gasteiger partial charge >= 0.3 is 5.47 Å². The quantitative estimate of drug-likeness (QED) is 0.385. The van der Waals surface area contributed by atoms with E-state index in [2.05, 4.69) is 50.3 Å². The van der Waals surface area contributed by atoms with Gasteiger partial charge in [-0.3, -0.25) is 0 Å². The fourth-order valence-electron chi connectivity index (χ4n) is 0.324. The summed E-state index contributed by atoms with van der Waals surface area (Å²) in [7, 11) is 0. The Morgan fingerprint density at radius 3 is 2.00 bits per heavy atom. The first-order chi connectivity index (χ1) is 3.95. The molecule has 0 aromatic heterocycles. The van der Waals surface area contributed by atoms with Crippen LogP contribution in [0.5, 0.6) is 0 Å². The fourth-order valence-corrected chi connectivity index (χ4v) is 2.05. The Hall–Kier alpha value is 1.07. The maximum atomic E-state index is 4.65. The van der Waals surface area contributed by atoms with Gasteiger partial charge < -0.3 is 4.10 Å². The number of thiol groups is 2. The fraction of sp³-hybridized carbons (Fsp3) is 1.00. The van der Waals surface area contributed by atoms with Crippen LogP contribution in [-0.2, 0) is 4.10 Å². The second kappa shape index (κ2) is 4.06. The summed E-state index contributed by atoms with van der Waals surface area (Å²) in [5.74, 6) is 0. The van der Waals surface area contributed by atoms with E-state index in [-0.39, 0.29) is 10.2 Å². The predicted octanol–water partition coefficient (Wildman–Crippen LogP) is 2.29. The third kappa shape index (κ3) is 6.97. The zero-order valence-electron chi connectivity index (χ0n) is 5.79. The molecule has 0 aliphatic heterocycles. The smallest absolute Gasteiger partial charge is 0.352 e. The number of hydrogen-bond donors (Lipinski definition) is 2. The maximum absolute atomic E-state index is 4.65. The summed E-state index contributed by atoms with van der Waals surface area (Å²) in [5, 5.41) is 0. The molecule has 54 valence electrons. The Balaban J connectivity index is 3.47. The molecule has 0 fully saturated rings. The highest BCUT2D eigenvalue weighted by Crippen LogP contribution is 2.28. The van der Waals surface area contributed by atoms with Crippen molar-refractivity contribution in [2.24, 2.45) is 0 Å². The minimum absolute atomic E-state index is 0.131. The predicted molar refractivity (Wildman–Crippen MR) is 52.2 cm³/mol. The first kappa shape index (κ1) is 10.1. The Bertz CT molecular complexity index is 82.4. The first-order valence-electron chi connectivity index (χ1n) is 2.62. The van der Waals surface area contributed by atoms with Crippen molar-refractivity contribution in [3.63, 3.8) is 0 Å². The van der Waals surface area contributed by atoms with Crippen LogP contribution in [0.15, 0.2) is 0 Å². The minimum atomic E-state index is -0.131. The van der Waals surface area contributed by atoms with E-state index in [1.165, 1.54) is 0 Å². The monoisotopic (exact) mass is 182 g/mol. The van der Waals surface area contributed by atoms with Gasteiger partial charge in [0, 0.05) is 4.75 Å². The Kier molecular flexibility index (Phi) is 4.54. The molecule has 1 nitrogen and oxygen atoms in total. The van der Waals surface area contributed by atoms with E-state index in [1.54, 1.807) is 11.6 Å². The van der Waals surface area contributed by atoms with Crippen molar-refractivity contribution in [1.82, 2.24) is 0 Å². The average Bonchev–Trinajstić information content (AvgIpc) is 1.62. The van der Waals surface area contributed by atoms with Crippen LogP contribution < -0.4 is 0 Å². The SMILES string of the molecule is CC(C)(C)SB(S)OS. The van der Waals surface area contributed by atoms with Crippen molar-refractivity contribution >= 4 is 42.5 Å². The normalized spacial score (nSPS) is 11.7. The third-order valence-electron chi connectivity index (χ3n) is 0.545. The molecule has 0 unspecified atom stereocenters. The van der Waals surface area contributed by atoms with E-state index >= 15 is 0 Å². The van der Waals surface area contributed by atoms with E-state index in [4.69, 9.17) is 0 Å². The van der Waals surface area contributed by atoms with E-state index in [0.29, 0.717) is 0 Å². The lowest BCUT2D eigenvalue weighted by Crippen LogP contribution is -2.14. The molecule has 0 radical (unpaired) electrons. The van der Waals surface area contributed by atoms with E-state index < -0.39 is 0 Å².